The average Bonchev–Trinajstić information content (AvgIpc) is 2.95. The zero-order chi connectivity index (χ0) is 15.5. The first-order valence-corrected chi connectivity index (χ1v) is 8.40. The Balaban J connectivity index is 2.06. The van der Waals surface area contributed by atoms with Gasteiger partial charge in [0.05, 0.1) is 13.2 Å². The highest BCUT2D eigenvalue weighted by atomic mass is 32.1. The van der Waals surface area contributed by atoms with Crippen LogP contribution in [0.4, 0.5) is 4.39 Å². The van der Waals surface area contributed by atoms with E-state index in [0.29, 0.717) is 0 Å². The average molecular weight is 320 g/mol. The number of thiophene rings is 1. The van der Waals surface area contributed by atoms with Crippen LogP contribution in [0.3, 0.4) is 0 Å². The van der Waals surface area contributed by atoms with Crippen molar-refractivity contribution in [3.63, 3.8) is 0 Å². The maximum atomic E-state index is 13.8. The number of hydrogen-bond donors (Lipinski definition) is 1. The summed E-state index contributed by atoms with van der Waals surface area (Å²) < 4.78 is 19.3. The summed E-state index contributed by atoms with van der Waals surface area (Å²) in [5.41, 5.74) is 2.15. The molecule has 22 heavy (non-hydrogen) atoms. The molecule has 0 aliphatic carbocycles. The molecule has 1 saturated heterocycles. The Labute approximate surface area is 134 Å². The van der Waals surface area contributed by atoms with Crippen molar-refractivity contribution in [2.45, 2.75) is 13.0 Å². The van der Waals surface area contributed by atoms with Gasteiger partial charge in [-0.2, -0.15) is 0 Å². The zero-order valence-electron chi connectivity index (χ0n) is 12.9. The smallest absolute Gasteiger partial charge is 0.124 e. The molecular weight excluding hydrogens is 299 g/mol. The van der Waals surface area contributed by atoms with Gasteiger partial charge in [-0.1, -0.05) is 0 Å². The lowest BCUT2D eigenvalue weighted by molar-refractivity contribution is 0.197. The number of methoxy groups -OCH3 is 1. The van der Waals surface area contributed by atoms with Gasteiger partial charge in [0.2, 0.25) is 0 Å². The van der Waals surface area contributed by atoms with Crippen LogP contribution in [0.25, 0.3) is 0 Å². The number of ether oxygens (including phenoxy) is 1. The summed E-state index contributed by atoms with van der Waals surface area (Å²) in [5, 5.41) is 5.52. The molecule has 1 fully saturated rings. The first-order chi connectivity index (χ1) is 10.7. The number of rotatable bonds is 4. The second-order valence-corrected chi connectivity index (χ2v) is 6.54. The Bertz CT molecular complexity index is 637. The number of piperazine rings is 1. The molecule has 0 saturated carbocycles. The lowest BCUT2D eigenvalue weighted by Crippen LogP contribution is -2.45. The van der Waals surface area contributed by atoms with Crippen LogP contribution in [0, 0.1) is 12.7 Å². The van der Waals surface area contributed by atoms with Crippen molar-refractivity contribution < 1.29 is 9.13 Å². The van der Waals surface area contributed by atoms with E-state index in [1.54, 1.807) is 30.6 Å². The van der Waals surface area contributed by atoms with Crippen LogP contribution >= 0.6 is 11.3 Å². The highest BCUT2D eigenvalue weighted by Crippen LogP contribution is 2.38. The second kappa shape index (κ2) is 6.77. The number of nitrogens with one attached hydrogen (secondary N) is 1. The molecule has 118 valence electrons. The molecule has 1 aromatic carbocycles. The Hall–Kier alpha value is -1.43. The van der Waals surface area contributed by atoms with Crippen molar-refractivity contribution in [1.29, 1.82) is 0 Å². The molecule has 0 bridgehead atoms. The van der Waals surface area contributed by atoms with Crippen molar-refractivity contribution >= 4 is 11.3 Å². The van der Waals surface area contributed by atoms with E-state index in [2.05, 4.69) is 28.6 Å². The monoisotopic (exact) mass is 320 g/mol. The molecule has 5 heteroatoms. The van der Waals surface area contributed by atoms with Crippen molar-refractivity contribution in [3.8, 4) is 5.75 Å². The standard InChI is InChI=1S/C17H21FN2OS/c1-12-9-16(22-11-12)17(20-7-5-19-6-8-20)14-10-13(18)3-4-15(14)21-2/h3-4,9-11,17,19H,5-8H2,1-2H3. The van der Waals surface area contributed by atoms with Gasteiger partial charge >= 0.3 is 0 Å². The molecule has 0 amide bonds. The summed E-state index contributed by atoms with van der Waals surface area (Å²) in [4.78, 5) is 3.64. The van der Waals surface area contributed by atoms with E-state index in [9.17, 15) is 4.39 Å². The zero-order valence-corrected chi connectivity index (χ0v) is 13.8. The van der Waals surface area contributed by atoms with Crippen LogP contribution in [0.15, 0.2) is 29.6 Å². The summed E-state index contributed by atoms with van der Waals surface area (Å²) in [6, 6.07) is 7.03. The second-order valence-electron chi connectivity index (χ2n) is 5.60. The van der Waals surface area contributed by atoms with Gasteiger partial charge in [-0.25, -0.2) is 4.39 Å². The van der Waals surface area contributed by atoms with Gasteiger partial charge in [-0.15, -0.1) is 11.3 Å². The van der Waals surface area contributed by atoms with Crippen molar-refractivity contribution in [3.05, 3.63) is 51.5 Å². The predicted molar refractivity (Wildman–Crippen MR) is 88.3 cm³/mol. The molecule has 3 nitrogen and oxygen atoms in total. The van der Waals surface area contributed by atoms with Gasteiger partial charge < -0.3 is 10.1 Å². The maximum absolute atomic E-state index is 13.8. The van der Waals surface area contributed by atoms with Gasteiger partial charge in [0.1, 0.15) is 11.6 Å². The fourth-order valence-electron chi connectivity index (χ4n) is 2.99. The van der Waals surface area contributed by atoms with E-state index in [1.165, 1.54) is 16.5 Å². The van der Waals surface area contributed by atoms with E-state index < -0.39 is 0 Å². The van der Waals surface area contributed by atoms with Crippen molar-refractivity contribution in [2.24, 2.45) is 0 Å². The number of benzene rings is 1. The SMILES string of the molecule is COc1ccc(F)cc1C(c1cc(C)cs1)N1CCNCC1. The maximum Gasteiger partial charge on any atom is 0.124 e. The number of hydrogen-bond acceptors (Lipinski definition) is 4. The van der Waals surface area contributed by atoms with Crippen molar-refractivity contribution in [2.75, 3.05) is 33.3 Å². The van der Waals surface area contributed by atoms with E-state index in [4.69, 9.17) is 4.74 Å². The summed E-state index contributed by atoms with van der Waals surface area (Å²) in [7, 11) is 1.64. The molecule has 1 unspecified atom stereocenters. The molecule has 3 rings (SSSR count). The van der Waals surface area contributed by atoms with Gasteiger partial charge in [-0.3, -0.25) is 4.90 Å². The first-order valence-electron chi connectivity index (χ1n) is 7.52. The summed E-state index contributed by atoms with van der Waals surface area (Å²) in [6.07, 6.45) is 0. The molecule has 2 aromatic rings. The van der Waals surface area contributed by atoms with Crippen LogP contribution in [-0.4, -0.2) is 38.2 Å². The van der Waals surface area contributed by atoms with Gasteiger partial charge in [0, 0.05) is 36.6 Å². The number of nitrogens with zero attached hydrogens (tertiary/aromatic N) is 1. The van der Waals surface area contributed by atoms with Gasteiger partial charge in [-0.05, 0) is 42.1 Å². The van der Waals surface area contributed by atoms with Crippen LogP contribution in [0.5, 0.6) is 5.75 Å². The Morgan fingerprint density at radius 1 is 1.27 bits per heavy atom. The normalized spacial score (nSPS) is 17.4. The van der Waals surface area contributed by atoms with Crippen molar-refractivity contribution in [1.82, 2.24) is 10.2 Å². The van der Waals surface area contributed by atoms with E-state index in [1.807, 2.05) is 0 Å². The molecule has 1 aliphatic rings. The third-order valence-corrected chi connectivity index (χ3v) is 5.13. The minimum absolute atomic E-state index is 0.0476. The molecule has 0 radical (unpaired) electrons. The molecule has 1 N–H and O–H groups in total. The summed E-state index contributed by atoms with van der Waals surface area (Å²) in [6.45, 7) is 5.90. The Morgan fingerprint density at radius 3 is 2.68 bits per heavy atom. The minimum atomic E-state index is -0.218. The fraction of sp³-hybridized carbons (Fsp3) is 0.412. The number of halogens is 1. The lowest BCUT2D eigenvalue weighted by Gasteiger charge is -2.35. The third-order valence-electron chi connectivity index (χ3n) is 4.02. The number of aryl methyl sites for hydroxylation is 1. The first kappa shape index (κ1) is 15.5. The van der Waals surface area contributed by atoms with Crippen LogP contribution in [-0.2, 0) is 0 Å². The minimum Gasteiger partial charge on any atom is -0.496 e. The molecule has 0 spiro atoms. The topological polar surface area (TPSA) is 24.5 Å². The Morgan fingerprint density at radius 2 is 2.05 bits per heavy atom. The van der Waals surface area contributed by atoms with E-state index in [-0.39, 0.29) is 11.9 Å². The fourth-order valence-corrected chi connectivity index (χ4v) is 4.03. The Kier molecular flexibility index (Phi) is 4.76. The van der Waals surface area contributed by atoms with E-state index >= 15 is 0 Å². The largest absolute Gasteiger partial charge is 0.496 e. The molecular formula is C17H21FN2OS. The quantitative estimate of drug-likeness (QED) is 0.936. The summed E-state index contributed by atoms with van der Waals surface area (Å²) in [5.74, 6) is 0.528. The molecule has 1 aromatic heterocycles. The molecule has 1 atom stereocenters. The lowest BCUT2D eigenvalue weighted by atomic mass is 10.0. The highest BCUT2D eigenvalue weighted by Gasteiger charge is 2.28. The van der Waals surface area contributed by atoms with Gasteiger partial charge in [0.25, 0.3) is 0 Å². The third kappa shape index (κ3) is 3.16. The molecule has 1 aliphatic heterocycles. The summed E-state index contributed by atoms with van der Waals surface area (Å²) >= 11 is 1.73. The molecule has 2 heterocycles. The predicted octanol–water partition coefficient (Wildman–Crippen LogP) is 3.20. The van der Waals surface area contributed by atoms with Gasteiger partial charge in [0.15, 0.2) is 0 Å². The van der Waals surface area contributed by atoms with Crippen LogP contribution in [0.1, 0.15) is 22.0 Å². The highest BCUT2D eigenvalue weighted by molar-refractivity contribution is 7.10. The van der Waals surface area contributed by atoms with Crippen LogP contribution < -0.4 is 10.1 Å². The van der Waals surface area contributed by atoms with Crippen LogP contribution in [0.2, 0.25) is 0 Å². The van der Waals surface area contributed by atoms with E-state index in [0.717, 1.165) is 37.5 Å².